The molecule has 1 amide bonds. The highest BCUT2D eigenvalue weighted by Crippen LogP contribution is 2.24. The number of halogens is 1. The lowest BCUT2D eigenvalue weighted by atomic mass is 10.1. The Hall–Kier alpha value is -2.74. The number of amidine groups is 2. The molecule has 2 heterocycles. The van der Waals surface area contributed by atoms with Gasteiger partial charge in [-0.1, -0.05) is 37.6 Å². The van der Waals surface area contributed by atoms with Crippen molar-refractivity contribution >= 4 is 40.2 Å². The van der Waals surface area contributed by atoms with E-state index < -0.39 is 0 Å². The van der Waals surface area contributed by atoms with Crippen LogP contribution in [0, 0.1) is 0 Å². The Bertz CT molecular complexity index is 1070. The van der Waals surface area contributed by atoms with Gasteiger partial charge in [0.2, 0.25) is 0 Å². The van der Waals surface area contributed by atoms with Crippen molar-refractivity contribution < 1.29 is 9.53 Å². The Labute approximate surface area is 190 Å². The van der Waals surface area contributed by atoms with E-state index in [1.807, 2.05) is 42.5 Å². The van der Waals surface area contributed by atoms with Crippen molar-refractivity contribution in [3.8, 4) is 5.75 Å². The molecule has 0 saturated carbocycles. The fourth-order valence-electron chi connectivity index (χ4n) is 3.24. The molecular weight excluding hydrogens is 489 g/mol. The summed E-state index contributed by atoms with van der Waals surface area (Å²) in [6, 6.07) is 15.1. The fourth-order valence-corrected chi connectivity index (χ4v) is 3.75. The predicted octanol–water partition coefficient (Wildman–Crippen LogP) is 5.51. The quantitative estimate of drug-likeness (QED) is 0.393. The van der Waals surface area contributed by atoms with Crippen molar-refractivity contribution in [2.24, 2.45) is 9.98 Å². The summed E-state index contributed by atoms with van der Waals surface area (Å²) in [6.07, 6.45) is 8.10. The van der Waals surface area contributed by atoms with Gasteiger partial charge >= 0.3 is 0 Å². The van der Waals surface area contributed by atoms with Gasteiger partial charge in [-0.25, -0.2) is 4.99 Å². The normalized spacial score (nSPS) is 16.3. The third-order valence-corrected chi connectivity index (χ3v) is 5.50. The summed E-state index contributed by atoms with van der Waals surface area (Å²) in [5.41, 5.74) is 2.47. The molecule has 0 bridgehead atoms. The molecule has 0 spiro atoms. The van der Waals surface area contributed by atoms with E-state index in [9.17, 15) is 4.79 Å². The van der Waals surface area contributed by atoms with Gasteiger partial charge in [0.25, 0.3) is 5.91 Å². The van der Waals surface area contributed by atoms with E-state index in [1.54, 1.807) is 12.1 Å². The number of carbonyl (C=O) groups is 1. The van der Waals surface area contributed by atoms with E-state index in [2.05, 4.69) is 51.7 Å². The third kappa shape index (κ3) is 4.70. The van der Waals surface area contributed by atoms with Gasteiger partial charge in [0.15, 0.2) is 5.84 Å². The first-order valence-electron chi connectivity index (χ1n) is 9.99. The van der Waals surface area contributed by atoms with E-state index in [0.29, 0.717) is 24.6 Å². The monoisotopic (exact) mass is 511 g/mol. The topological polar surface area (TPSA) is 54.3 Å². The number of allylic oxidation sites excluding steroid dienone is 2. The molecular formula is C24H22IN3O2. The molecule has 2 aliphatic heterocycles. The molecule has 5 nitrogen and oxygen atoms in total. The van der Waals surface area contributed by atoms with Gasteiger partial charge in [0, 0.05) is 27.5 Å². The van der Waals surface area contributed by atoms with E-state index in [4.69, 9.17) is 9.73 Å². The lowest BCUT2D eigenvalue weighted by Crippen LogP contribution is -2.24. The number of aliphatic imine (C=N–C) groups is 2. The van der Waals surface area contributed by atoms with Crippen LogP contribution in [0.1, 0.15) is 41.3 Å². The molecule has 0 aliphatic carbocycles. The fraction of sp³-hybridized carbons (Fsp3) is 0.208. The number of unbranched alkanes of at least 4 members (excludes halogenated alkanes) is 1. The standard InChI is InChI=1S/C24H22IN3O2/c1-2-3-14-30-20-11-8-17(9-12-20)24(29)27-23-21-7-5-4-6-18(21)15-28-16-19(25)10-13-22(28)26-23/h4-13,16H,2-3,14-15H2,1H3. The first-order valence-corrected chi connectivity index (χ1v) is 11.1. The van der Waals surface area contributed by atoms with Crippen molar-refractivity contribution in [1.82, 2.24) is 4.90 Å². The number of ether oxygens (including phenoxy) is 1. The van der Waals surface area contributed by atoms with E-state index >= 15 is 0 Å². The number of nitrogens with zero attached hydrogens (tertiary/aromatic N) is 3. The molecule has 0 unspecified atom stereocenters. The van der Waals surface area contributed by atoms with Crippen LogP contribution in [0.25, 0.3) is 0 Å². The molecule has 0 N–H and O–H groups in total. The minimum absolute atomic E-state index is 0.317. The molecule has 2 aromatic rings. The van der Waals surface area contributed by atoms with Crippen LogP contribution in [0.5, 0.6) is 5.75 Å². The minimum Gasteiger partial charge on any atom is -0.494 e. The number of amides is 1. The Morgan fingerprint density at radius 2 is 1.97 bits per heavy atom. The van der Waals surface area contributed by atoms with Crippen LogP contribution in [0.2, 0.25) is 0 Å². The summed E-state index contributed by atoms with van der Waals surface area (Å²) in [5.74, 6) is 1.66. The molecule has 0 atom stereocenters. The minimum atomic E-state index is -0.317. The van der Waals surface area contributed by atoms with Gasteiger partial charge in [-0.3, -0.25) is 4.79 Å². The Kier molecular flexibility index (Phi) is 6.42. The van der Waals surface area contributed by atoms with Crippen molar-refractivity contribution in [2.45, 2.75) is 26.3 Å². The maximum absolute atomic E-state index is 12.9. The number of hydrogen-bond donors (Lipinski definition) is 0. The van der Waals surface area contributed by atoms with Crippen LogP contribution in [0.4, 0.5) is 0 Å². The van der Waals surface area contributed by atoms with Crippen LogP contribution >= 0.6 is 22.6 Å². The second kappa shape index (κ2) is 9.38. The average molecular weight is 511 g/mol. The summed E-state index contributed by atoms with van der Waals surface area (Å²) in [7, 11) is 0. The number of rotatable bonds is 5. The molecule has 2 aliphatic rings. The van der Waals surface area contributed by atoms with E-state index in [-0.39, 0.29) is 5.91 Å². The highest BCUT2D eigenvalue weighted by molar-refractivity contribution is 14.1. The predicted molar refractivity (Wildman–Crippen MR) is 128 cm³/mol. The zero-order valence-corrected chi connectivity index (χ0v) is 18.9. The lowest BCUT2D eigenvalue weighted by Gasteiger charge is -2.21. The van der Waals surface area contributed by atoms with Crippen LogP contribution in [-0.2, 0) is 6.54 Å². The number of benzene rings is 2. The zero-order chi connectivity index (χ0) is 20.9. The van der Waals surface area contributed by atoms with Crippen LogP contribution in [0.3, 0.4) is 0 Å². The molecule has 4 rings (SSSR count). The Morgan fingerprint density at radius 3 is 2.77 bits per heavy atom. The van der Waals surface area contributed by atoms with Crippen LogP contribution in [0.15, 0.2) is 80.4 Å². The van der Waals surface area contributed by atoms with Gasteiger partial charge in [-0.15, -0.1) is 0 Å². The SMILES string of the molecule is CCCCOc1ccc(C(=O)N=C2N=C3C=CC(I)=CN3Cc3ccccc32)cc1. The number of carbonyl (C=O) groups excluding carboxylic acids is 1. The van der Waals surface area contributed by atoms with Crippen molar-refractivity contribution in [1.29, 1.82) is 0 Å². The van der Waals surface area contributed by atoms with Gasteiger partial charge < -0.3 is 9.64 Å². The number of hydrogen-bond acceptors (Lipinski definition) is 3. The molecule has 30 heavy (non-hydrogen) atoms. The maximum Gasteiger partial charge on any atom is 0.279 e. The summed E-state index contributed by atoms with van der Waals surface area (Å²) < 4.78 is 6.80. The van der Waals surface area contributed by atoms with Crippen LogP contribution < -0.4 is 4.74 Å². The van der Waals surface area contributed by atoms with Crippen molar-refractivity contribution in [3.05, 3.63) is 87.2 Å². The molecule has 6 heteroatoms. The highest BCUT2D eigenvalue weighted by Gasteiger charge is 2.21. The smallest absolute Gasteiger partial charge is 0.279 e. The highest BCUT2D eigenvalue weighted by atomic mass is 127. The summed E-state index contributed by atoms with van der Waals surface area (Å²) in [6.45, 7) is 3.49. The molecule has 0 aromatic heterocycles. The largest absolute Gasteiger partial charge is 0.494 e. The van der Waals surface area contributed by atoms with E-state index in [1.165, 1.54) is 0 Å². The Balaban J connectivity index is 1.63. The first-order chi connectivity index (χ1) is 14.6. The Morgan fingerprint density at radius 1 is 1.17 bits per heavy atom. The maximum atomic E-state index is 12.9. The van der Waals surface area contributed by atoms with Crippen LogP contribution in [-0.4, -0.2) is 29.1 Å². The van der Waals surface area contributed by atoms with Gasteiger partial charge in [-0.05, 0) is 71.0 Å². The summed E-state index contributed by atoms with van der Waals surface area (Å²) >= 11 is 2.29. The molecule has 0 radical (unpaired) electrons. The van der Waals surface area contributed by atoms with Crippen molar-refractivity contribution in [2.75, 3.05) is 6.61 Å². The first kappa shape index (κ1) is 20.5. The molecule has 2 aromatic carbocycles. The van der Waals surface area contributed by atoms with E-state index in [0.717, 1.165) is 39.1 Å². The molecule has 0 fully saturated rings. The lowest BCUT2D eigenvalue weighted by molar-refractivity contribution is 0.100. The van der Waals surface area contributed by atoms with Crippen molar-refractivity contribution in [3.63, 3.8) is 0 Å². The molecule has 0 saturated heterocycles. The van der Waals surface area contributed by atoms with Gasteiger partial charge in [0.1, 0.15) is 11.6 Å². The third-order valence-electron chi connectivity index (χ3n) is 4.86. The number of fused-ring (bicyclic) bond motifs is 2. The second-order valence-corrected chi connectivity index (χ2v) is 8.31. The summed E-state index contributed by atoms with van der Waals surface area (Å²) in [4.78, 5) is 24.1. The van der Waals surface area contributed by atoms with Gasteiger partial charge in [-0.2, -0.15) is 4.99 Å². The summed E-state index contributed by atoms with van der Waals surface area (Å²) in [5, 5.41) is 0. The second-order valence-electron chi connectivity index (χ2n) is 7.07. The zero-order valence-electron chi connectivity index (χ0n) is 16.7. The molecule has 152 valence electrons. The van der Waals surface area contributed by atoms with Gasteiger partial charge in [0.05, 0.1) is 6.61 Å². The average Bonchev–Trinajstić information content (AvgIpc) is 2.90.